The fourth-order valence-corrected chi connectivity index (χ4v) is 0.643. The summed E-state index contributed by atoms with van der Waals surface area (Å²) >= 11 is 5.51. The summed E-state index contributed by atoms with van der Waals surface area (Å²) in [7, 11) is 0. The van der Waals surface area contributed by atoms with Gasteiger partial charge in [-0.25, -0.2) is 4.39 Å². The summed E-state index contributed by atoms with van der Waals surface area (Å²) in [6.07, 6.45) is -2.27. The molecule has 0 saturated carbocycles. The maximum Gasteiger partial charge on any atom is 0.302 e. The van der Waals surface area contributed by atoms with Crippen molar-refractivity contribution in [2.75, 3.05) is 5.33 Å². The van der Waals surface area contributed by atoms with Gasteiger partial charge in [-0.15, -0.1) is 0 Å². The van der Waals surface area contributed by atoms with Crippen LogP contribution in [0.4, 0.5) is 13.2 Å². The van der Waals surface area contributed by atoms with Crippen molar-refractivity contribution in [3.05, 3.63) is 11.9 Å². The molecule has 0 fully saturated rings. The molecule has 1 unspecified atom stereocenters. The quantitative estimate of drug-likeness (QED) is 0.674. The Morgan fingerprint density at radius 2 is 1.78 bits per heavy atom. The Labute approximate surface area is 67.4 Å². The molecule has 0 nitrogen and oxygen atoms in total. The van der Waals surface area contributed by atoms with Crippen LogP contribution in [0.15, 0.2) is 11.9 Å². The molecule has 0 aromatic heterocycles. The third-order valence-corrected chi connectivity index (χ3v) is 2.83. The summed E-state index contributed by atoms with van der Waals surface area (Å²) in [4.78, 5) is -0.914. The first-order valence-electron chi connectivity index (χ1n) is 2.00. The van der Waals surface area contributed by atoms with Crippen LogP contribution in [0.2, 0.25) is 0 Å². The molecule has 1 atom stereocenters. The molecule has 0 rings (SSSR count). The van der Waals surface area contributed by atoms with E-state index in [0.717, 1.165) is 0 Å². The molecule has 0 N–H and O–H groups in total. The molecule has 54 valence electrons. The molecule has 0 spiro atoms. The minimum absolute atomic E-state index is 0.135. The Morgan fingerprint density at radius 3 is 1.89 bits per heavy atom. The van der Waals surface area contributed by atoms with Crippen LogP contribution < -0.4 is 0 Å². The standard InChI is InChI=1S/C4H3Br2F3/c5-1-2(6)3(7)4(8)9/h2H,1H2. The minimum Gasteiger partial charge on any atom is -0.205 e. The van der Waals surface area contributed by atoms with Crippen LogP contribution in [-0.4, -0.2) is 10.2 Å². The highest BCUT2D eigenvalue weighted by atomic mass is 79.9. The SMILES string of the molecule is FC(F)=C(F)C(Br)CBr. The van der Waals surface area contributed by atoms with Crippen LogP contribution in [-0.2, 0) is 0 Å². The van der Waals surface area contributed by atoms with Gasteiger partial charge in [-0.2, -0.15) is 8.78 Å². The summed E-state index contributed by atoms with van der Waals surface area (Å²) in [5.41, 5.74) is 0. The fraction of sp³-hybridized carbons (Fsp3) is 0.500. The lowest BCUT2D eigenvalue weighted by molar-refractivity contribution is 0.375. The van der Waals surface area contributed by atoms with Crippen LogP contribution in [0.3, 0.4) is 0 Å². The van der Waals surface area contributed by atoms with E-state index in [4.69, 9.17) is 0 Å². The molecule has 0 amide bonds. The molecular weight excluding hydrogens is 265 g/mol. The van der Waals surface area contributed by atoms with E-state index in [9.17, 15) is 13.2 Å². The zero-order chi connectivity index (χ0) is 7.44. The highest BCUT2D eigenvalue weighted by molar-refractivity contribution is 9.12. The zero-order valence-corrected chi connectivity index (χ0v) is 7.35. The van der Waals surface area contributed by atoms with Gasteiger partial charge in [0.15, 0.2) is 5.83 Å². The summed E-state index contributed by atoms with van der Waals surface area (Å²) in [6, 6.07) is 0. The van der Waals surface area contributed by atoms with Gasteiger partial charge in [-0.1, -0.05) is 31.9 Å². The summed E-state index contributed by atoms with van der Waals surface area (Å²) in [5, 5.41) is 0.135. The number of hydrogen-bond donors (Lipinski definition) is 0. The Kier molecular flexibility index (Phi) is 4.56. The van der Waals surface area contributed by atoms with Gasteiger partial charge >= 0.3 is 6.08 Å². The van der Waals surface area contributed by atoms with E-state index in [2.05, 4.69) is 31.9 Å². The molecule has 0 aromatic carbocycles. The Hall–Kier alpha value is 0.490. The van der Waals surface area contributed by atoms with Crippen molar-refractivity contribution in [2.24, 2.45) is 0 Å². The molecule has 0 aromatic rings. The molecule has 0 aliphatic heterocycles. The molecule has 0 bridgehead atoms. The predicted molar refractivity (Wildman–Crippen MR) is 36.9 cm³/mol. The number of allylic oxidation sites excluding steroid dienone is 1. The van der Waals surface area contributed by atoms with E-state index in [0.29, 0.717) is 0 Å². The average Bonchev–Trinajstić information content (AvgIpc) is 1.84. The molecule has 5 heteroatoms. The van der Waals surface area contributed by atoms with Gasteiger partial charge in [-0.3, -0.25) is 0 Å². The molecule has 0 heterocycles. The van der Waals surface area contributed by atoms with Crippen molar-refractivity contribution in [1.82, 2.24) is 0 Å². The van der Waals surface area contributed by atoms with Crippen molar-refractivity contribution in [2.45, 2.75) is 4.83 Å². The van der Waals surface area contributed by atoms with E-state index in [1.807, 2.05) is 0 Å². The van der Waals surface area contributed by atoms with Gasteiger partial charge in [0, 0.05) is 5.33 Å². The second-order valence-electron chi connectivity index (χ2n) is 1.23. The first-order valence-corrected chi connectivity index (χ1v) is 4.04. The third kappa shape index (κ3) is 3.25. The van der Waals surface area contributed by atoms with Gasteiger partial charge in [0.25, 0.3) is 0 Å². The van der Waals surface area contributed by atoms with Crippen molar-refractivity contribution in [1.29, 1.82) is 0 Å². The van der Waals surface area contributed by atoms with E-state index in [-0.39, 0.29) is 5.33 Å². The summed E-state index contributed by atoms with van der Waals surface area (Å²) < 4.78 is 34.6. The van der Waals surface area contributed by atoms with E-state index in [1.165, 1.54) is 0 Å². The van der Waals surface area contributed by atoms with Gasteiger partial charge in [0.2, 0.25) is 0 Å². The third-order valence-electron chi connectivity index (χ3n) is 0.591. The van der Waals surface area contributed by atoms with E-state index >= 15 is 0 Å². The smallest absolute Gasteiger partial charge is 0.205 e. The lowest BCUT2D eigenvalue weighted by Crippen LogP contribution is -1.99. The first-order chi connectivity index (χ1) is 4.09. The molecular formula is C4H3Br2F3. The molecule has 0 aliphatic carbocycles. The number of halogens is 5. The maximum atomic E-state index is 12.0. The van der Waals surface area contributed by atoms with Gasteiger partial charge in [0.05, 0.1) is 4.83 Å². The second-order valence-corrected chi connectivity index (χ2v) is 2.98. The maximum absolute atomic E-state index is 12.0. The van der Waals surface area contributed by atoms with Gasteiger partial charge in [0.1, 0.15) is 0 Å². The number of rotatable bonds is 2. The van der Waals surface area contributed by atoms with Crippen LogP contribution in [0.25, 0.3) is 0 Å². The lowest BCUT2D eigenvalue weighted by Gasteiger charge is -1.98. The zero-order valence-electron chi connectivity index (χ0n) is 4.17. The molecule has 0 saturated heterocycles. The molecule has 0 aliphatic rings. The molecule has 9 heavy (non-hydrogen) atoms. The monoisotopic (exact) mass is 266 g/mol. The second kappa shape index (κ2) is 4.33. The summed E-state index contributed by atoms with van der Waals surface area (Å²) in [5.74, 6) is -1.41. The van der Waals surface area contributed by atoms with Gasteiger partial charge < -0.3 is 0 Å². The lowest BCUT2D eigenvalue weighted by atomic mass is 10.4. The van der Waals surface area contributed by atoms with Crippen LogP contribution in [0.5, 0.6) is 0 Å². The Bertz CT molecular complexity index is 119. The number of hydrogen-bond acceptors (Lipinski definition) is 0. The predicted octanol–water partition coefficient (Wildman–Crippen LogP) is 3.22. The normalized spacial score (nSPS) is 13.0. The van der Waals surface area contributed by atoms with Crippen LogP contribution in [0.1, 0.15) is 0 Å². The number of alkyl halides is 2. The Morgan fingerprint density at radius 1 is 1.33 bits per heavy atom. The summed E-state index contributed by atoms with van der Waals surface area (Å²) in [6.45, 7) is 0. The fourth-order valence-electron chi connectivity index (χ4n) is 0.186. The molecule has 0 radical (unpaired) electrons. The van der Waals surface area contributed by atoms with Crippen molar-refractivity contribution >= 4 is 31.9 Å². The topological polar surface area (TPSA) is 0 Å². The van der Waals surface area contributed by atoms with Crippen molar-refractivity contribution in [3.8, 4) is 0 Å². The minimum atomic E-state index is -2.27. The van der Waals surface area contributed by atoms with Crippen molar-refractivity contribution in [3.63, 3.8) is 0 Å². The highest BCUT2D eigenvalue weighted by Crippen LogP contribution is 2.20. The van der Waals surface area contributed by atoms with Crippen molar-refractivity contribution < 1.29 is 13.2 Å². The largest absolute Gasteiger partial charge is 0.302 e. The van der Waals surface area contributed by atoms with Crippen LogP contribution in [0, 0.1) is 0 Å². The Balaban J connectivity index is 4.02. The average molecular weight is 268 g/mol. The highest BCUT2D eigenvalue weighted by Gasteiger charge is 2.14. The van der Waals surface area contributed by atoms with Gasteiger partial charge in [-0.05, 0) is 0 Å². The van der Waals surface area contributed by atoms with Crippen LogP contribution >= 0.6 is 31.9 Å². The van der Waals surface area contributed by atoms with E-state index < -0.39 is 16.7 Å². The first kappa shape index (κ1) is 9.49. The van der Waals surface area contributed by atoms with E-state index in [1.54, 1.807) is 0 Å².